The van der Waals surface area contributed by atoms with E-state index in [1.807, 2.05) is 62.4 Å². The average Bonchev–Trinajstić information content (AvgIpc) is 3.20. The molecule has 0 unspecified atom stereocenters. The molecule has 0 saturated carbocycles. The normalized spacial score (nSPS) is 11.5. The number of nitrogens with zero attached hydrogens (tertiary/aromatic N) is 2. The number of aromatic nitrogens is 2. The molecule has 0 aliphatic heterocycles. The first-order valence-corrected chi connectivity index (χ1v) is 8.89. The molecule has 0 spiro atoms. The number of benzene rings is 2. The number of carbonyl (C=O) groups is 2. The Morgan fingerprint density at radius 3 is 2.54 bits per heavy atom. The molecular formula is C21H22N4O3. The van der Waals surface area contributed by atoms with Crippen molar-refractivity contribution < 1.29 is 14.3 Å². The van der Waals surface area contributed by atoms with E-state index in [2.05, 4.69) is 16.0 Å². The van der Waals surface area contributed by atoms with Gasteiger partial charge in [-0.1, -0.05) is 30.3 Å². The molecule has 3 aromatic rings. The van der Waals surface area contributed by atoms with E-state index in [1.54, 1.807) is 17.8 Å². The van der Waals surface area contributed by atoms with Gasteiger partial charge in [0, 0.05) is 6.20 Å². The van der Waals surface area contributed by atoms with Crippen LogP contribution in [0.15, 0.2) is 60.9 Å². The van der Waals surface area contributed by atoms with Crippen LogP contribution >= 0.6 is 0 Å². The highest BCUT2D eigenvalue weighted by Gasteiger charge is 2.17. The average molecular weight is 378 g/mol. The first-order chi connectivity index (χ1) is 13.5. The Kier molecular flexibility index (Phi) is 5.74. The van der Waals surface area contributed by atoms with Gasteiger partial charge in [-0.15, -0.1) is 0 Å². The van der Waals surface area contributed by atoms with Crippen LogP contribution < -0.4 is 15.6 Å². The van der Waals surface area contributed by atoms with Crippen LogP contribution in [0.4, 0.5) is 0 Å². The standard InChI is InChI=1S/C21H22N4O3/c1-14-8-7-11-19(15(14)2)28-16(3)20(26)23-24-21(27)17-12-22-25(13-17)18-9-5-4-6-10-18/h4-13,16H,1-3H3,(H,23,26)(H,24,27)/t16-/m1/s1. The lowest BCUT2D eigenvalue weighted by Gasteiger charge is -2.17. The molecule has 0 aliphatic rings. The summed E-state index contributed by atoms with van der Waals surface area (Å²) in [6.07, 6.45) is 2.25. The van der Waals surface area contributed by atoms with Gasteiger partial charge in [0.15, 0.2) is 6.10 Å². The van der Waals surface area contributed by atoms with E-state index in [9.17, 15) is 9.59 Å². The zero-order valence-electron chi connectivity index (χ0n) is 16.0. The number of carbonyl (C=O) groups excluding carboxylic acids is 2. The van der Waals surface area contributed by atoms with E-state index in [1.165, 1.54) is 6.20 Å². The molecule has 144 valence electrons. The summed E-state index contributed by atoms with van der Waals surface area (Å²) in [7, 11) is 0. The molecule has 0 radical (unpaired) electrons. The number of para-hydroxylation sites is 1. The lowest BCUT2D eigenvalue weighted by molar-refractivity contribution is -0.128. The maximum Gasteiger partial charge on any atom is 0.279 e. The molecule has 1 atom stereocenters. The number of hydrogen-bond donors (Lipinski definition) is 2. The van der Waals surface area contributed by atoms with Crippen molar-refractivity contribution in [3.8, 4) is 11.4 Å². The van der Waals surface area contributed by atoms with Crippen LogP contribution in [-0.2, 0) is 4.79 Å². The van der Waals surface area contributed by atoms with Crippen LogP contribution in [0.3, 0.4) is 0 Å². The summed E-state index contributed by atoms with van der Waals surface area (Å²) in [5, 5.41) is 4.16. The lowest BCUT2D eigenvalue weighted by atomic mass is 10.1. The first kappa shape index (κ1) is 19.2. The number of rotatable bonds is 5. The van der Waals surface area contributed by atoms with Gasteiger partial charge in [-0.2, -0.15) is 5.10 Å². The maximum atomic E-state index is 12.3. The zero-order chi connectivity index (χ0) is 20.1. The van der Waals surface area contributed by atoms with Gasteiger partial charge in [0.25, 0.3) is 11.8 Å². The fourth-order valence-electron chi connectivity index (χ4n) is 2.55. The largest absolute Gasteiger partial charge is 0.481 e. The van der Waals surface area contributed by atoms with Gasteiger partial charge >= 0.3 is 0 Å². The van der Waals surface area contributed by atoms with Crippen LogP contribution in [0, 0.1) is 13.8 Å². The van der Waals surface area contributed by atoms with E-state index < -0.39 is 17.9 Å². The SMILES string of the molecule is Cc1cccc(O[C@H](C)C(=O)NNC(=O)c2cnn(-c3ccccc3)c2)c1C. The van der Waals surface area contributed by atoms with E-state index in [4.69, 9.17) is 4.74 Å². The Morgan fingerprint density at radius 1 is 1.04 bits per heavy atom. The molecular weight excluding hydrogens is 356 g/mol. The monoisotopic (exact) mass is 378 g/mol. The van der Waals surface area contributed by atoms with Gasteiger partial charge in [-0.3, -0.25) is 20.4 Å². The summed E-state index contributed by atoms with van der Waals surface area (Å²) in [5.41, 5.74) is 7.98. The van der Waals surface area contributed by atoms with Crippen molar-refractivity contribution in [2.24, 2.45) is 0 Å². The second-order valence-electron chi connectivity index (χ2n) is 6.41. The molecule has 2 N–H and O–H groups in total. The Labute approximate surface area is 163 Å². The number of amides is 2. The number of nitrogens with one attached hydrogen (secondary N) is 2. The zero-order valence-corrected chi connectivity index (χ0v) is 16.0. The summed E-state index contributed by atoms with van der Waals surface area (Å²) in [4.78, 5) is 24.5. The van der Waals surface area contributed by atoms with E-state index in [0.29, 0.717) is 11.3 Å². The van der Waals surface area contributed by atoms with Gasteiger partial charge < -0.3 is 4.74 Å². The number of aryl methyl sites for hydroxylation is 1. The smallest absolute Gasteiger partial charge is 0.279 e. The van der Waals surface area contributed by atoms with Crippen molar-refractivity contribution in [1.82, 2.24) is 20.6 Å². The van der Waals surface area contributed by atoms with Crippen molar-refractivity contribution in [2.45, 2.75) is 26.9 Å². The first-order valence-electron chi connectivity index (χ1n) is 8.89. The number of hydrazine groups is 1. The van der Waals surface area contributed by atoms with Gasteiger partial charge in [-0.05, 0) is 50.1 Å². The molecule has 3 rings (SSSR count). The fourth-order valence-corrected chi connectivity index (χ4v) is 2.55. The molecule has 1 heterocycles. The Morgan fingerprint density at radius 2 is 1.79 bits per heavy atom. The van der Waals surface area contributed by atoms with E-state index in [-0.39, 0.29) is 0 Å². The fraction of sp³-hybridized carbons (Fsp3) is 0.190. The molecule has 0 saturated heterocycles. The predicted molar refractivity (Wildman–Crippen MR) is 105 cm³/mol. The molecule has 7 nitrogen and oxygen atoms in total. The highest BCUT2D eigenvalue weighted by molar-refractivity contribution is 5.95. The van der Waals surface area contributed by atoms with Crippen molar-refractivity contribution in [3.63, 3.8) is 0 Å². The number of ether oxygens (including phenoxy) is 1. The van der Waals surface area contributed by atoms with Gasteiger partial charge in [0.05, 0.1) is 17.4 Å². The Hall–Kier alpha value is -3.61. The number of hydrogen-bond acceptors (Lipinski definition) is 4. The quantitative estimate of drug-likeness (QED) is 0.669. The molecule has 0 bridgehead atoms. The Balaban J connectivity index is 1.56. The second kappa shape index (κ2) is 8.39. The van der Waals surface area contributed by atoms with Crippen LogP contribution in [0.25, 0.3) is 5.69 Å². The topological polar surface area (TPSA) is 85.2 Å². The molecule has 1 aromatic heterocycles. The van der Waals surface area contributed by atoms with E-state index in [0.717, 1.165) is 16.8 Å². The van der Waals surface area contributed by atoms with Crippen molar-refractivity contribution in [1.29, 1.82) is 0 Å². The minimum absolute atomic E-state index is 0.326. The lowest BCUT2D eigenvalue weighted by Crippen LogP contribution is -2.47. The third-order valence-corrected chi connectivity index (χ3v) is 4.39. The summed E-state index contributed by atoms with van der Waals surface area (Å²) < 4.78 is 7.29. The summed E-state index contributed by atoms with van der Waals surface area (Å²) in [6.45, 7) is 5.53. The Bertz CT molecular complexity index is 982. The van der Waals surface area contributed by atoms with Crippen LogP contribution in [0.5, 0.6) is 5.75 Å². The highest BCUT2D eigenvalue weighted by Crippen LogP contribution is 2.21. The van der Waals surface area contributed by atoms with Gasteiger partial charge in [0.2, 0.25) is 0 Å². The molecule has 2 amide bonds. The predicted octanol–water partition coefficient (Wildman–Crippen LogP) is 2.72. The minimum Gasteiger partial charge on any atom is -0.481 e. The molecule has 28 heavy (non-hydrogen) atoms. The van der Waals surface area contributed by atoms with Gasteiger partial charge in [0.1, 0.15) is 5.75 Å². The van der Waals surface area contributed by atoms with E-state index >= 15 is 0 Å². The molecule has 2 aromatic carbocycles. The van der Waals surface area contributed by atoms with Crippen LogP contribution in [0.2, 0.25) is 0 Å². The molecule has 0 fully saturated rings. The third-order valence-electron chi connectivity index (χ3n) is 4.39. The van der Waals surface area contributed by atoms with Crippen LogP contribution in [0.1, 0.15) is 28.4 Å². The molecule has 0 aliphatic carbocycles. The van der Waals surface area contributed by atoms with Crippen LogP contribution in [-0.4, -0.2) is 27.7 Å². The summed E-state index contributed by atoms with van der Waals surface area (Å²) in [6, 6.07) is 15.1. The summed E-state index contributed by atoms with van der Waals surface area (Å²) >= 11 is 0. The second-order valence-corrected chi connectivity index (χ2v) is 6.41. The maximum absolute atomic E-state index is 12.3. The van der Waals surface area contributed by atoms with Crippen molar-refractivity contribution >= 4 is 11.8 Å². The van der Waals surface area contributed by atoms with Gasteiger partial charge in [-0.25, -0.2) is 4.68 Å². The minimum atomic E-state index is -0.771. The van der Waals surface area contributed by atoms with Crippen molar-refractivity contribution in [2.75, 3.05) is 0 Å². The summed E-state index contributed by atoms with van der Waals surface area (Å²) in [5.74, 6) is -0.280. The van der Waals surface area contributed by atoms with Crippen molar-refractivity contribution in [3.05, 3.63) is 77.6 Å². The molecule has 7 heteroatoms. The highest BCUT2D eigenvalue weighted by atomic mass is 16.5. The third kappa shape index (κ3) is 4.37.